The van der Waals surface area contributed by atoms with Crippen molar-refractivity contribution in [3.05, 3.63) is 23.1 Å². The molecule has 0 fully saturated rings. The highest BCUT2D eigenvalue weighted by Crippen LogP contribution is 2.29. The van der Waals surface area contributed by atoms with E-state index in [-0.39, 0.29) is 12.2 Å². The summed E-state index contributed by atoms with van der Waals surface area (Å²) in [5, 5.41) is 0. The number of ether oxygens (including phenoxy) is 2. The van der Waals surface area contributed by atoms with Crippen LogP contribution in [0.3, 0.4) is 0 Å². The number of carbonyl (C=O) groups is 1. The highest BCUT2D eigenvalue weighted by atomic mass is 19.3. The van der Waals surface area contributed by atoms with Gasteiger partial charge in [0, 0.05) is 5.56 Å². The van der Waals surface area contributed by atoms with E-state index in [0.717, 1.165) is 13.2 Å². The molecule has 7 heteroatoms. The van der Waals surface area contributed by atoms with Crippen LogP contribution in [0.5, 0.6) is 5.88 Å². The number of esters is 1. The van der Waals surface area contributed by atoms with Gasteiger partial charge in [0.05, 0.1) is 25.7 Å². The zero-order valence-corrected chi connectivity index (χ0v) is 9.87. The maximum absolute atomic E-state index is 13.4. The zero-order chi connectivity index (χ0) is 13.7. The molecule has 0 atom stereocenters. The van der Waals surface area contributed by atoms with Crippen LogP contribution in [-0.2, 0) is 16.0 Å². The van der Waals surface area contributed by atoms with E-state index < -0.39 is 36.2 Å². The lowest BCUT2D eigenvalue weighted by Crippen LogP contribution is -2.11. The highest BCUT2D eigenvalue weighted by Gasteiger charge is 2.20. The monoisotopic (exact) mass is 263 g/mol. The summed E-state index contributed by atoms with van der Waals surface area (Å²) >= 11 is 0. The number of methoxy groups -OCH3 is 1. The molecule has 1 rings (SSSR count). The molecule has 1 heterocycles. The molecule has 4 nitrogen and oxygen atoms in total. The Morgan fingerprint density at radius 1 is 1.50 bits per heavy atom. The third-order valence-electron chi connectivity index (χ3n) is 2.11. The van der Waals surface area contributed by atoms with E-state index in [1.54, 1.807) is 6.92 Å². The van der Waals surface area contributed by atoms with Crippen molar-refractivity contribution in [2.45, 2.75) is 19.8 Å². The van der Waals surface area contributed by atoms with Crippen molar-refractivity contribution in [2.24, 2.45) is 0 Å². The van der Waals surface area contributed by atoms with Crippen molar-refractivity contribution in [1.82, 2.24) is 4.98 Å². The largest absolute Gasteiger partial charge is 0.481 e. The lowest BCUT2D eigenvalue weighted by Gasteiger charge is -2.09. The molecule has 0 bridgehead atoms. The van der Waals surface area contributed by atoms with E-state index in [4.69, 9.17) is 0 Å². The van der Waals surface area contributed by atoms with Gasteiger partial charge in [-0.1, -0.05) is 0 Å². The minimum absolute atomic E-state index is 0.131. The van der Waals surface area contributed by atoms with Gasteiger partial charge in [0.15, 0.2) is 0 Å². The Labute approximate surface area is 102 Å². The highest BCUT2D eigenvalue weighted by molar-refractivity contribution is 5.72. The van der Waals surface area contributed by atoms with Gasteiger partial charge in [0.25, 0.3) is 6.43 Å². The molecule has 0 aliphatic rings. The predicted molar refractivity (Wildman–Crippen MR) is 56.0 cm³/mol. The molecule has 0 spiro atoms. The van der Waals surface area contributed by atoms with Crippen molar-refractivity contribution in [1.29, 1.82) is 0 Å². The molecule has 0 unspecified atom stereocenters. The quantitative estimate of drug-likeness (QED) is 0.604. The van der Waals surface area contributed by atoms with Gasteiger partial charge in [-0.05, 0) is 13.0 Å². The summed E-state index contributed by atoms with van der Waals surface area (Å²) in [6, 6.07) is 0.864. The second-order valence-electron chi connectivity index (χ2n) is 3.32. The van der Waals surface area contributed by atoms with Crippen LogP contribution in [0.4, 0.5) is 13.2 Å². The number of carbonyl (C=O) groups excluding carboxylic acids is 1. The summed E-state index contributed by atoms with van der Waals surface area (Å²) in [5.74, 6) is -2.22. The Balaban J connectivity index is 3.05. The Hall–Kier alpha value is -1.79. The number of pyridine rings is 1. The van der Waals surface area contributed by atoms with E-state index in [0.29, 0.717) is 0 Å². The van der Waals surface area contributed by atoms with Gasteiger partial charge in [-0.25, -0.2) is 8.78 Å². The number of hydrogen-bond donors (Lipinski definition) is 0. The molecule has 0 amide bonds. The molecule has 100 valence electrons. The predicted octanol–water partition coefficient (Wildman–Crippen LogP) is 2.27. The molecule has 0 N–H and O–H groups in total. The van der Waals surface area contributed by atoms with Gasteiger partial charge < -0.3 is 9.47 Å². The minimum atomic E-state index is -2.87. The van der Waals surface area contributed by atoms with Crippen molar-refractivity contribution in [2.75, 3.05) is 13.7 Å². The second kappa shape index (κ2) is 6.23. The first-order valence-electron chi connectivity index (χ1n) is 5.16. The summed E-state index contributed by atoms with van der Waals surface area (Å²) in [7, 11) is 1.11. The molecule has 0 radical (unpaired) electrons. The van der Waals surface area contributed by atoms with E-state index in [1.165, 1.54) is 0 Å². The maximum atomic E-state index is 13.4. The van der Waals surface area contributed by atoms with Crippen LogP contribution in [0.15, 0.2) is 6.07 Å². The van der Waals surface area contributed by atoms with Gasteiger partial charge in [-0.15, -0.1) is 0 Å². The van der Waals surface area contributed by atoms with Crippen LogP contribution in [0.25, 0.3) is 0 Å². The van der Waals surface area contributed by atoms with E-state index in [2.05, 4.69) is 14.5 Å². The molecule has 0 saturated carbocycles. The molecular formula is C11H12F3NO3. The minimum Gasteiger partial charge on any atom is -0.481 e. The van der Waals surface area contributed by atoms with Gasteiger partial charge in [0.2, 0.25) is 11.8 Å². The summed E-state index contributed by atoms with van der Waals surface area (Å²) in [4.78, 5) is 14.4. The third kappa shape index (κ3) is 3.35. The number of aromatic nitrogens is 1. The second-order valence-corrected chi connectivity index (χ2v) is 3.32. The van der Waals surface area contributed by atoms with Gasteiger partial charge in [-0.2, -0.15) is 9.37 Å². The number of hydrogen-bond acceptors (Lipinski definition) is 4. The van der Waals surface area contributed by atoms with Crippen molar-refractivity contribution < 1.29 is 27.4 Å². The van der Waals surface area contributed by atoms with E-state index in [9.17, 15) is 18.0 Å². The summed E-state index contributed by atoms with van der Waals surface area (Å²) in [6.45, 7) is 1.72. The summed E-state index contributed by atoms with van der Waals surface area (Å²) in [5.41, 5.74) is -0.803. The van der Waals surface area contributed by atoms with Crippen LogP contribution in [0.1, 0.15) is 24.5 Å². The van der Waals surface area contributed by atoms with Crippen LogP contribution < -0.4 is 4.74 Å². The first-order chi connectivity index (χ1) is 8.49. The standard InChI is InChI=1S/C11H12F3NO3/c1-3-18-8(16)5-6-4-7(9(12)13)11(17-2)15-10(6)14/h4,9H,3,5H2,1-2H3. The SMILES string of the molecule is CCOC(=O)Cc1cc(C(F)F)c(OC)nc1F. The average Bonchev–Trinajstić information content (AvgIpc) is 2.31. The Morgan fingerprint density at radius 3 is 2.67 bits per heavy atom. The zero-order valence-electron chi connectivity index (χ0n) is 9.87. The Bertz CT molecular complexity index is 438. The maximum Gasteiger partial charge on any atom is 0.310 e. The third-order valence-corrected chi connectivity index (χ3v) is 2.11. The number of rotatable bonds is 5. The van der Waals surface area contributed by atoms with E-state index in [1.807, 2.05) is 0 Å². The topological polar surface area (TPSA) is 48.4 Å². The van der Waals surface area contributed by atoms with Gasteiger partial charge in [-0.3, -0.25) is 4.79 Å². The number of halogens is 3. The average molecular weight is 263 g/mol. The number of alkyl halides is 2. The molecule has 1 aromatic rings. The molecular weight excluding hydrogens is 251 g/mol. The molecule has 0 aromatic carbocycles. The first kappa shape index (κ1) is 14.3. The van der Waals surface area contributed by atoms with E-state index >= 15 is 0 Å². The van der Waals surface area contributed by atoms with Crippen molar-refractivity contribution >= 4 is 5.97 Å². The summed E-state index contributed by atoms with van der Waals surface area (Å²) in [6.07, 6.45) is -3.31. The molecule has 0 saturated heterocycles. The smallest absolute Gasteiger partial charge is 0.310 e. The lowest BCUT2D eigenvalue weighted by molar-refractivity contribution is -0.142. The van der Waals surface area contributed by atoms with Gasteiger partial charge in [0.1, 0.15) is 0 Å². The van der Waals surface area contributed by atoms with Crippen molar-refractivity contribution in [3.63, 3.8) is 0 Å². The Kier molecular flexibility index (Phi) is 4.94. The first-order valence-corrected chi connectivity index (χ1v) is 5.16. The van der Waals surface area contributed by atoms with Crippen LogP contribution in [-0.4, -0.2) is 24.7 Å². The van der Waals surface area contributed by atoms with Crippen LogP contribution in [0.2, 0.25) is 0 Å². The molecule has 18 heavy (non-hydrogen) atoms. The molecule has 1 aromatic heterocycles. The van der Waals surface area contributed by atoms with Crippen molar-refractivity contribution in [3.8, 4) is 5.88 Å². The number of nitrogens with zero attached hydrogens (tertiary/aromatic N) is 1. The van der Waals surface area contributed by atoms with Crippen LogP contribution in [0, 0.1) is 5.95 Å². The summed E-state index contributed by atoms with van der Waals surface area (Å²) < 4.78 is 47.9. The Morgan fingerprint density at radius 2 is 2.17 bits per heavy atom. The molecule has 0 aliphatic carbocycles. The van der Waals surface area contributed by atoms with Crippen LogP contribution >= 0.6 is 0 Å². The lowest BCUT2D eigenvalue weighted by atomic mass is 10.1. The molecule has 0 aliphatic heterocycles. The van der Waals surface area contributed by atoms with Gasteiger partial charge >= 0.3 is 5.97 Å². The fourth-order valence-electron chi connectivity index (χ4n) is 1.35. The fraction of sp³-hybridized carbons (Fsp3) is 0.455. The normalized spacial score (nSPS) is 10.6. The fourth-order valence-corrected chi connectivity index (χ4v) is 1.35.